The number of ketones is 1. The van der Waals surface area contributed by atoms with E-state index < -0.39 is 5.97 Å². The number of nitrogens with zero attached hydrogens (tertiary/aromatic N) is 2. The first-order valence-electron chi connectivity index (χ1n) is 8.26. The maximum atomic E-state index is 11.7. The quantitative estimate of drug-likeness (QED) is 0.412. The van der Waals surface area contributed by atoms with Crippen molar-refractivity contribution in [3.63, 3.8) is 0 Å². The maximum Gasteiger partial charge on any atom is 0.316 e. The zero-order valence-electron chi connectivity index (χ0n) is 13.7. The second-order valence-corrected chi connectivity index (χ2v) is 8.01. The molecule has 2 heterocycles. The van der Waals surface area contributed by atoms with E-state index in [1.54, 1.807) is 18.3 Å². The Hall–Kier alpha value is -1.87. The molecule has 3 rings (SSSR count). The van der Waals surface area contributed by atoms with Gasteiger partial charge in [0.2, 0.25) is 10.9 Å². The summed E-state index contributed by atoms with van der Waals surface area (Å²) in [6.07, 6.45) is 7.81. The molecule has 1 fully saturated rings. The van der Waals surface area contributed by atoms with Crippen LogP contribution in [0.15, 0.2) is 22.7 Å². The minimum atomic E-state index is -0.443. The molecular weight excluding hydrogens is 360 g/mol. The minimum Gasteiger partial charge on any atom is -0.457 e. The molecule has 2 aromatic heterocycles. The number of H-pyrrole nitrogens is 1. The lowest BCUT2D eigenvalue weighted by atomic mass is 9.96. The van der Waals surface area contributed by atoms with E-state index in [9.17, 15) is 9.59 Å². The number of thioether (sulfide) groups is 1. The van der Waals surface area contributed by atoms with Crippen LogP contribution in [0, 0.1) is 0 Å². The minimum absolute atomic E-state index is 0.107. The summed E-state index contributed by atoms with van der Waals surface area (Å²) in [5, 5.41) is 12.4. The summed E-state index contributed by atoms with van der Waals surface area (Å²) in [5.41, 5.74) is 0.433. The number of aromatic amines is 1. The van der Waals surface area contributed by atoms with Crippen LogP contribution in [-0.2, 0) is 9.53 Å². The number of ether oxygens (including phenoxy) is 1. The van der Waals surface area contributed by atoms with Crippen LogP contribution in [0.25, 0.3) is 0 Å². The Morgan fingerprint density at radius 1 is 1.32 bits per heavy atom. The third-order valence-electron chi connectivity index (χ3n) is 3.92. The molecule has 0 amide bonds. The van der Waals surface area contributed by atoms with E-state index in [2.05, 4.69) is 20.5 Å². The summed E-state index contributed by atoms with van der Waals surface area (Å²) in [6.45, 7) is -0.259. The zero-order chi connectivity index (χ0) is 17.5. The van der Waals surface area contributed by atoms with Crippen LogP contribution in [0.1, 0.15) is 42.6 Å². The second kappa shape index (κ2) is 9.00. The van der Waals surface area contributed by atoms with Crippen molar-refractivity contribution in [3.8, 4) is 0 Å². The van der Waals surface area contributed by atoms with E-state index in [4.69, 9.17) is 4.74 Å². The zero-order valence-corrected chi connectivity index (χ0v) is 15.3. The first kappa shape index (κ1) is 17.9. The van der Waals surface area contributed by atoms with Crippen molar-refractivity contribution in [3.05, 3.63) is 24.0 Å². The van der Waals surface area contributed by atoms with Crippen molar-refractivity contribution in [1.82, 2.24) is 15.2 Å². The molecule has 134 valence electrons. The first-order valence-corrected chi connectivity index (χ1v) is 10.1. The van der Waals surface area contributed by atoms with E-state index in [1.807, 2.05) is 0 Å². The molecule has 7 nitrogen and oxygen atoms in total. The fraction of sp³-hybridized carbons (Fsp3) is 0.500. The first-order chi connectivity index (χ1) is 12.2. The van der Waals surface area contributed by atoms with Gasteiger partial charge in [0, 0.05) is 12.2 Å². The number of carbonyl (C=O) groups excluding carboxylic acids is 2. The normalized spacial score (nSPS) is 15.0. The van der Waals surface area contributed by atoms with Gasteiger partial charge in [-0.25, -0.2) is 0 Å². The van der Waals surface area contributed by atoms with E-state index in [-0.39, 0.29) is 18.1 Å². The van der Waals surface area contributed by atoms with Gasteiger partial charge in [-0.15, -0.1) is 10.2 Å². The average Bonchev–Trinajstić information content (AvgIpc) is 3.31. The SMILES string of the molecule is O=C(CSc1nnc(NC2CCCCC2)s1)OCC(=O)c1ccc[nH]1. The summed E-state index contributed by atoms with van der Waals surface area (Å²) in [6, 6.07) is 3.84. The molecule has 0 spiro atoms. The van der Waals surface area contributed by atoms with Crippen LogP contribution in [0.4, 0.5) is 5.13 Å². The van der Waals surface area contributed by atoms with Gasteiger partial charge in [-0.2, -0.15) is 0 Å². The van der Waals surface area contributed by atoms with Crippen LogP contribution in [-0.4, -0.2) is 45.3 Å². The highest BCUT2D eigenvalue weighted by atomic mass is 32.2. The van der Waals surface area contributed by atoms with Gasteiger partial charge in [-0.1, -0.05) is 42.4 Å². The smallest absolute Gasteiger partial charge is 0.316 e. The molecule has 1 saturated carbocycles. The molecule has 0 aromatic carbocycles. The van der Waals surface area contributed by atoms with Gasteiger partial charge < -0.3 is 15.0 Å². The third kappa shape index (κ3) is 5.57. The van der Waals surface area contributed by atoms with Crippen molar-refractivity contribution in [1.29, 1.82) is 0 Å². The van der Waals surface area contributed by atoms with E-state index >= 15 is 0 Å². The number of carbonyl (C=O) groups is 2. The predicted octanol–water partition coefficient (Wildman–Crippen LogP) is 3.13. The molecule has 2 aromatic rings. The molecule has 0 atom stereocenters. The van der Waals surface area contributed by atoms with E-state index in [1.165, 1.54) is 55.2 Å². The average molecular weight is 380 g/mol. The molecule has 0 radical (unpaired) electrons. The van der Waals surface area contributed by atoms with Crippen molar-refractivity contribution in [2.45, 2.75) is 42.5 Å². The van der Waals surface area contributed by atoms with Gasteiger partial charge in [0.15, 0.2) is 10.9 Å². The van der Waals surface area contributed by atoms with Crippen molar-refractivity contribution in [2.75, 3.05) is 17.7 Å². The van der Waals surface area contributed by atoms with Crippen molar-refractivity contribution in [2.24, 2.45) is 0 Å². The largest absolute Gasteiger partial charge is 0.457 e. The topological polar surface area (TPSA) is 97.0 Å². The van der Waals surface area contributed by atoms with Gasteiger partial charge in [-0.3, -0.25) is 9.59 Å². The van der Waals surface area contributed by atoms with Crippen molar-refractivity contribution >= 4 is 40.0 Å². The molecular formula is C16H20N4O3S2. The molecule has 0 saturated heterocycles. The van der Waals surface area contributed by atoms with Crippen LogP contribution in [0.3, 0.4) is 0 Å². The Morgan fingerprint density at radius 3 is 2.92 bits per heavy atom. The van der Waals surface area contributed by atoms with Crippen molar-refractivity contribution < 1.29 is 14.3 Å². The summed E-state index contributed by atoms with van der Waals surface area (Å²) in [5.74, 6) is -0.587. The van der Waals surface area contributed by atoms with Gasteiger partial charge in [-0.05, 0) is 25.0 Å². The fourth-order valence-corrected chi connectivity index (χ4v) is 4.26. The molecule has 25 heavy (non-hydrogen) atoms. The molecule has 9 heteroatoms. The number of aromatic nitrogens is 3. The van der Waals surface area contributed by atoms with Gasteiger partial charge in [0.05, 0.1) is 11.4 Å². The molecule has 1 aliphatic rings. The standard InChI is InChI=1S/C16H20N4O3S2/c21-13(12-7-4-8-17-12)9-23-14(22)10-24-16-20-19-15(25-16)18-11-5-2-1-3-6-11/h4,7-8,11,17H,1-3,5-6,9-10H2,(H,18,19). The van der Waals surface area contributed by atoms with Crippen LogP contribution in [0.2, 0.25) is 0 Å². The monoisotopic (exact) mass is 380 g/mol. The van der Waals surface area contributed by atoms with Gasteiger partial charge in [0.25, 0.3) is 0 Å². The summed E-state index contributed by atoms with van der Waals surface area (Å²) < 4.78 is 5.70. The number of esters is 1. The number of hydrogen-bond donors (Lipinski definition) is 2. The number of rotatable bonds is 8. The second-order valence-electron chi connectivity index (χ2n) is 5.81. The van der Waals surface area contributed by atoms with Gasteiger partial charge in [0.1, 0.15) is 0 Å². The number of Topliss-reactive ketones (excluding diaryl/α,β-unsaturated/α-hetero) is 1. The van der Waals surface area contributed by atoms with E-state index in [0.29, 0.717) is 16.1 Å². The molecule has 0 unspecified atom stereocenters. The summed E-state index contributed by atoms with van der Waals surface area (Å²) >= 11 is 2.71. The predicted molar refractivity (Wildman–Crippen MR) is 97.2 cm³/mol. The van der Waals surface area contributed by atoms with E-state index in [0.717, 1.165) is 5.13 Å². The van der Waals surface area contributed by atoms with Crippen LogP contribution < -0.4 is 5.32 Å². The Kier molecular flexibility index (Phi) is 6.46. The van der Waals surface area contributed by atoms with Gasteiger partial charge >= 0.3 is 5.97 Å². The lowest BCUT2D eigenvalue weighted by molar-refractivity contribution is -0.139. The van der Waals surface area contributed by atoms with Crippen LogP contribution in [0.5, 0.6) is 0 Å². The lowest BCUT2D eigenvalue weighted by Crippen LogP contribution is -2.21. The third-order valence-corrected chi connectivity index (χ3v) is 5.88. The fourth-order valence-electron chi connectivity index (χ4n) is 2.64. The molecule has 2 N–H and O–H groups in total. The molecule has 1 aliphatic carbocycles. The number of anilines is 1. The highest BCUT2D eigenvalue weighted by Crippen LogP contribution is 2.28. The highest BCUT2D eigenvalue weighted by Gasteiger charge is 2.16. The number of nitrogens with one attached hydrogen (secondary N) is 2. The molecule has 0 bridgehead atoms. The Morgan fingerprint density at radius 2 is 2.16 bits per heavy atom. The Labute approximate surface area is 153 Å². The molecule has 0 aliphatic heterocycles. The highest BCUT2D eigenvalue weighted by molar-refractivity contribution is 8.01. The van der Waals surface area contributed by atoms with Crippen LogP contribution >= 0.6 is 23.1 Å². The summed E-state index contributed by atoms with van der Waals surface area (Å²) in [7, 11) is 0. The lowest BCUT2D eigenvalue weighted by Gasteiger charge is -2.21. The summed E-state index contributed by atoms with van der Waals surface area (Å²) in [4.78, 5) is 26.3. The Bertz CT molecular complexity index is 696. The number of hydrogen-bond acceptors (Lipinski definition) is 8. The Balaban J connectivity index is 1.38. The maximum absolute atomic E-state index is 11.7.